The van der Waals surface area contributed by atoms with Gasteiger partial charge in [0.25, 0.3) is 0 Å². The Hall–Kier alpha value is -0.170. The van der Waals surface area contributed by atoms with E-state index in [1.807, 2.05) is 6.92 Å². The normalized spacial score (nSPS) is 21.5. The van der Waals surface area contributed by atoms with Gasteiger partial charge in [-0.25, -0.2) is 13.1 Å². The molecule has 1 heterocycles. The van der Waals surface area contributed by atoms with E-state index in [4.69, 9.17) is 10.5 Å². The van der Waals surface area contributed by atoms with Gasteiger partial charge in [-0.05, 0) is 25.7 Å². The van der Waals surface area contributed by atoms with E-state index in [1.54, 1.807) is 0 Å². The molecule has 0 bridgehead atoms. The first-order chi connectivity index (χ1) is 7.05. The molecule has 1 aliphatic heterocycles. The van der Waals surface area contributed by atoms with Crippen molar-refractivity contribution < 1.29 is 13.2 Å². The minimum absolute atomic E-state index is 0.000556. The SMILES string of the molecule is CC(NS(=O)(=O)CCN)C1CCOCC1. The van der Waals surface area contributed by atoms with E-state index >= 15 is 0 Å². The number of hydrogen-bond acceptors (Lipinski definition) is 4. The van der Waals surface area contributed by atoms with Crippen LogP contribution in [0.15, 0.2) is 0 Å². The van der Waals surface area contributed by atoms with Crippen molar-refractivity contribution in [2.24, 2.45) is 11.7 Å². The fourth-order valence-corrected chi connectivity index (χ4v) is 3.00. The van der Waals surface area contributed by atoms with Gasteiger partial charge in [0.05, 0.1) is 5.75 Å². The van der Waals surface area contributed by atoms with Crippen molar-refractivity contribution in [3.63, 3.8) is 0 Å². The highest BCUT2D eigenvalue weighted by atomic mass is 32.2. The molecule has 0 radical (unpaired) electrons. The van der Waals surface area contributed by atoms with E-state index in [-0.39, 0.29) is 18.3 Å². The Labute approximate surface area is 91.4 Å². The van der Waals surface area contributed by atoms with Gasteiger partial charge >= 0.3 is 0 Å². The highest BCUT2D eigenvalue weighted by molar-refractivity contribution is 7.89. The first-order valence-corrected chi connectivity index (χ1v) is 6.98. The monoisotopic (exact) mass is 236 g/mol. The van der Waals surface area contributed by atoms with E-state index in [0.717, 1.165) is 26.1 Å². The number of nitrogens with two attached hydrogens (primary N) is 1. The molecular weight excluding hydrogens is 216 g/mol. The van der Waals surface area contributed by atoms with Gasteiger partial charge in [-0.3, -0.25) is 0 Å². The third kappa shape index (κ3) is 4.46. The van der Waals surface area contributed by atoms with E-state index in [1.165, 1.54) is 0 Å². The average molecular weight is 236 g/mol. The van der Waals surface area contributed by atoms with Crippen LogP contribution in [0.3, 0.4) is 0 Å². The van der Waals surface area contributed by atoms with Crippen LogP contribution in [0.5, 0.6) is 0 Å². The molecular formula is C9H20N2O3S. The van der Waals surface area contributed by atoms with Gasteiger partial charge < -0.3 is 10.5 Å². The van der Waals surface area contributed by atoms with Crippen molar-refractivity contribution in [3.8, 4) is 0 Å². The molecule has 1 rings (SSSR count). The second kappa shape index (κ2) is 5.79. The topological polar surface area (TPSA) is 81.4 Å². The zero-order valence-electron chi connectivity index (χ0n) is 9.11. The Bertz CT molecular complexity index is 273. The minimum atomic E-state index is -3.20. The summed E-state index contributed by atoms with van der Waals surface area (Å²) in [4.78, 5) is 0. The number of sulfonamides is 1. The molecule has 15 heavy (non-hydrogen) atoms. The molecule has 6 heteroatoms. The molecule has 1 aliphatic rings. The van der Waals surface area contributed by atoms with Crippen molar-refractivity contribution >= 4 is 10.0 Å². The van der Waals surface area contributed by atoms with Crippen molar-refractivity contribution in [1.29, 1.82) is 0 Å². The summed E-state index contributed by atoms with van der Waals surface area (Å²) in [5.74, 6) is 0.381. The molecule has 0 aromatic rings. The first-order valence-electron chi connectivity index (χ1n) is 5.33. The lowest BCUT2D eigenvalue weighted by molar-refractivity contribution is 0.0586. The van der Waals surface area contributed by atoms with Crippen LogP contribution in [0.25, 0.3) is 0 Å². The van der Waals surface area contributed by atoms with Crippen LogP contribution in [0, 0.1) is 5.92 Å². The molecule has 1 saturated heterocycles. The summed E-state index contributed by atoms with van der Waals surface area (Å²) < 4.78 is 30.8. The van der Waals surface area contributed by atoms with Crippen LogP contribution < -0.4 is 10.5 Å². The van der Waals surface area contributed by atoms with Gasteiger partial charge in [0, 0.05) is 25.8 Å². The lowest BCUT2D eigenvalue weighted by Gasteiger charge is -2.28. The number of rotatable bonds is 5. The molecule has 0 aromatic carbocycles. The molecule has 5 nitrogen and oxygen atoms in total. The first kappa shape index (κ1) is 12.9. The predicted molar refractivity (Wildman–Crippen MR) is 59.0 cm³/mol. The fraction of sp³-hybridized carbons (Fsp3) is 1.00. The maximum absolute atomic E-state index is 11.5. The molecule has 0 aliphatic carbocycles. The van der Waals surface area contributed by atoms with E-state index in [2.05, 4.69) is 4.72 Å². The number of nitrogens with one attached hydrogen (secondary N) is 1. The third-order valence-corrected chi connectivity index (χ3v) is 4.23. The molecule has 0 amide bonds. The Morgan fingerprint density at radius 3 is 2.60 bits per heavy atom. The molecule has 0 saturated carbocycles. The summed E-state index contributed by atoms with van der Waals surface area (Å²) in [6.45, 7) is 3.53. The summed E-state index contributed by atoms with van der Waals surface area (Å²) in [6.07, 6.45) is 1.85. The molecule has 1 fully saturated rings. The van der Waals surface area contributed by atoms with Crippen LogP contribution in [-0.2, 0) is 14.8 Å². The summed E-state index contributed by atoms with van der Waals surface area (Å²) in [7, 11) is -3.20. The summed E-state index contributed by atoms with van der Waals surface area (Å²) in [5, 5.41) is 0. The lowest BCUT2D eigenvalue weighted by atomic mass is 9.94. The fourth-order valence-electron chi connectivity index (χ4n) is 1.81. The van der Waals surface area contributed by atoms with Crippen molar-refractivity contribution in [1.82, 2.24) is 4.72 Å². The summed E-state index contributed by atoms with van der Waals surface area (Å²) >= 11 is 0. The summed E-state index contributed by atoms with van der Waals surface area (Å²) in [6, 6.07) is -0.0227. The Morgan fingerprint density at radius 2 is 2.07 bits per heavy atom. The van der Waals surface area contributed by atoms with Crippen LogP contribution in [0.4, 0.5) is 0 Å². The molecule has 0 aromatic heterocycles. The number of hydrogen-bond donors (Lipinski definition) is 2. The van der Waals surface area contributed by atoms with E-state index in [0.29, 0.717) is 5.92 Å². The Balaban J connectivity index is 2.43. The molecule has 3 N–H and O–H groups in total. The maximum atomic E-state index is 11.5. The van der Waals surface area contributed by atoms with Gasteiger partial charge in [-0.1, -0.05) is 0 Å². The van der Waals surface area contributed by atoms with Crippen LogP contribution in [0.1, 0.15) is 19.8 Å². The Morgan fingerprint density at radius 1 is 1.47 bits per heavy atom. The standard InChI is InChI=1S/C9H20N2O3S/c1-8(9-2-5-14-6-3-9)11-15(12,13)7-4-10/h8-9,11H,2-7,10H2,1H3. The van der Waals surface area contributed by atoms with Crippen molar-refractivity contribution in [2.75, 3.05) is 25.5 Å². The van der Waals surface area contributed by atoms with Gasteiger partial charge in [0.15, 0.2) is 0 Å². The average Bonchev–Trinajstić information content (AvgIpc) is 2.18. The quantitative estimate of drug-likeness (QED) is 0.685. The van der Waals surface area contributed by atoms with Gasteiger partial charge in [-0.2, -0.15) is 0 Å². The Kier molecular flexibility index (Phi) is 4.98. The highest BCUT2D eigenvalue weighted by Gasteiger charge is 2.23. The minimum Gasteiger partial charge on any atom is -0.381 e. The largest absolute Gasteiger partial charge is 0.381 e. The molecule has 0 spiro atoms. The van der Waals surface area contributed by atoms with Gasteiger partial charge in [-0.15, -0.1) is 0 Å². The second-order valence-electron chi connectivity index (χ2n) is 3.96. The smallest absolute Gasteiger partial charge is 0.213 e. The zero-order valence-corrected chi connectivity index (χ0v) is 9.92. The zero-order chi connectivity index (χ0) is 11.3. The van der Waals surface area contributed by atoms with Gasteiger partial charge in [0.2, 0.25) is 10.0 Å². The van der Waals surface area contributed by atoms with Crippen molar-refractivity contribution in [3.05, 3.63) is 0 Å². The van der Waals surface area contributed by atoms with Crippen molar-refractivity contribution in [2.45, 2.75) is 25.8 Å². The van der Waals surface area contributed by atoms with Gasteiger partial charge in [0.1, 0.15) is 0 Å². The summed E-state index contributed by atoms with van der Waals surface area (Å²) in [5.41, 5.74) is 5.23. The number of ether oxygens (including phenoxy) is 1. The van der Waals surface area contributed by atoms with Crippen LogP contribution in [0.2, 0.25) is 0 Å². The van der Waals surface area contributed by atoms with Crippen LogP contribution >= 0.6 is 0 Å². The molecule has 1 unspecified atom stereocenters. The maximum Gasteiger partial charge on any atom is 0.213 e. The second-order valence-corrected chi connectivity index (χ2v) is 5.84. The lowest BCUT2D eigenvalue weighted by Crippen LogP contribution is -2.42. The van der Waals surface area contributed by atoms with E-state index < -0.39 is 10.0 Å². The molecule has 90 valence electrons. The third-order valence-electron chi connectivity index (χ3n) is 2.73. The predicted octanol–water partition coefficient (Wildman–Crippen LogP) is -0.320. The van der Waals surface area contributed by atoms with Crippen LogP contribution in [-0.4, -0.2) is 40.0 Å². The van der Waals surface area contributed by atoms with E-state index in [9.17, 15) is 8.42 Å². The highest BCUT2D eigenvalue weighted by Crippen LogP contribution is 2.18. The molecule has 1 atom stereocenters.